The molecule has 1 atom stereocenters. The first kappa shape index (κ1) is 14.5. The van der Waals surface area contributed by atoms with Crippen molar-refractivity contribution >= 4 is 11.6 Å². The largest absolute Gasteiger partial charge is 0.398 e. The highest BCUT2D eigenvalue weighted by molar-refractivity contribution is 6.00. The van der Waals surface area contributed by atoms with E-state index in [1.165, 1.54) is 0 Å². The minimum absolute atomic E-state index is 0.124. The molecule has 1 amide bonds. The van der Waals surface area contributed by atoms with Crippen LogP contribution in [0.25, 0.3) is 0 Å². The van der Waals surface area contributed by atoms with E-state index in [0.29, 0.717) is 24.3 Å². The van der Waals surface area contributed by atoms with Crippen molar-refractivity contribution in [2.75, 3.05) is 26.1 Å². The lowest BCUT2D eigenvalue weighted by Crippen LogP contribution is -2.38. The molecule has 1 aromatic carbocycles. The molecule has 0 bridgehead atoms. The number of aliphatic hydroxyl groups is 1. The van der Waals surface area contributed by atoms with Crippen molar-refractivity contribution in [3.05, 3.63) is 29.3 Å². The molecule has 0 aliphatic heterocycles. The average molecular weight is 252 g/mol. The summed E-state index contributed by atoms with van der Waals surface area (Å²) in [5.41, 5.74) is 7.51. The van der Waals surface area contributed by atoms with Crippen LogP contribution in [0.1, 0.15) is 22.3 Å². The van der Waals surface area contributed by atoms with E-state index in [2.05, 4.69) is 5.32 Å². The first-order valence-corrected chi connectivity index (χ1v) is 5.86. The van der Waals surface area contributed by atoms with Gasteiger partial charge in [0, 0.05) is 19.4 Å². The molecule has 0 aliphatic rings. The molecule has 0 saturated heterocycles. The summed E-state index contributed by atoms with van der Waals surface area (Å²) in [5, 5.41) is 11.9. The average Bonchev–Trinajstić information content (AvgIpc) is 2.34. The maximum Gasteiger partial charge on any atom is 0.253 e. The van der Waals surface area contributed by atoms with Crippen LogP contribution in [0.3, 0.4) is 0 Å². The van der Waals surface area contributed by atoms with Crippen LogP contribution in [0, 0.1) is 6.92 Å². The van der Waals surface area contributed by atoms with Crippen molar-refractivity contribution in [1.29, 1.82) is 0 Å². The summed E-state index contributed by atoms with van der Waals surface area (Å²) >= 11 is 0. The number of benzene rings is 1. The molecule has 0 aromatic heterocycles. The van der Waals surface area contributed by atoms with Gasteiger partial charge in [-0.05, 0) is 25.0 Å². The Morgan fingerprint density at radius 3 is 2.83 bits per heavy atom. The molecule has 5 heteroatoms. The molecule has 1 rings (SSSR count). The van der Waals surface area contributed by atoms with Crippen molar-refractivity contribution in [2.24, 2.45) is 0 Å². The zero-order valence-electron chi connectivity index (χ0n) is 10.8. The number of carbonyl (C=O) groups excluding carboxylic acids is 1. The van der Waals surface area contributed by atoms with E-state index in [1.54, 1.807) is 19.2 Å². The van der Waals surface area contributed by atoms with Gasteiger partial charge in [-0.3, -0.25) is 4.79 Å². The Kier molecular flexibility index (Phi) is 5.61. The number of rotatable bonds is 6. The molecule has 5 nitrogen and oxygen atoms in total. The summed E-state index contributed by atoms with van der Waals surface area (Å²) in [7, 11) is 1.58. The number of amides is 1. The first-order chi connectivity index (χ1) is 8.60. The molecule has 0 heterocycles. The van der Waals surface area contributed by atoms with E-state index in [4.69, 9.17) is 10.5 Å². The second kappa shape index (κ2) is 6.98. The predicted octanol–water partition coefficient (Wildman–Crippen LogP) is 0.704. The standard InChI is InChI=1S/C13H20N2O3/c1-9-4-3-5-11(14)12(9)13(17)15-10(8-16)6-7-18-2/h3-5,10,16H,6-8,14H2,1-2H3,(H,15,17). The SMILES string of the molecule is COCCC(CO)NC(=O)c1c(C)cccc1N. The molecule has 18 heavy (non-hydrogen) atoms. The molecule has 0 fully saturated rings. The van der Waals surface area contributed by atoms with Gasteiger partial charge in [0.2, 0.25) is 0 Å². The number of nitrogen functional groups attached to an aromatic ring is 1. The van der Waals surface area contributed by atoms with Crippen LogP contribution in [0.2, 0.25) is 0 Å². The monoisotopic (exact) mass is 252 g/mol. The van der Waals surface area contributed by atoms with Gasteiger partial charge in [0.15, 0.2) is 0 Å². The molecular formula is C13H20N2O3. The van der Waals surface area contributed by atoms with E-state index < -0.39 is 0 Å². The lowest BCUT2D eigenvalue weighted by Gasteiger charge is -2.17. The van der Waals surface area contributed by atoms with Gasteiger partial charge < -0.3 is 20.9 Å². The number of anilines is 1. The van der Waals surface area contributed by atoms with Crippen molar-refractivity contribution in [2.45, 2.75) is 19.4 Å². The van der Waals surface area contributed by atoms with Gasteiger partial charge >= 0.3 is 0 Å². The third kappa shape index (κ3) is 3.72. The van der Waals surface area contributed by atoms with Gasteiger partial charge in [-0.2, -0.15) is 0 Å². The molecule has 4 N–H and O–H groups in total. The Bertz CT molecular complexity index is 387. The van der Waals surface area contributed by atoms with Crippen molar-refractivity contribution in [3.8, 4) is 0 Å². The van der Waals surface area contributed by atoms with Crippen LogP contribution in [-0.2, 0) is 4.74 Å². The highest BCUT2D eigenvalue weighted by atomic mass is 16.5. The van der Waals surface area contributed by atoms with Crippen molar-refractivity contribution in [3.63, 3.8) is 0 Å². The van der Waals surface area contributed by atoms with Crippen LogP contribution >= 0.6 is 0 Å². The number of carbonyl (C=O) groups is 1. The van der Waals surface area contributed by atoms with Gasteiger partial charge in [0.1, 0.15) is 0 Å². The number of aryl methyl sites for hydroxylation is 1. The highest BCUT2D eigenvalue weighted by Gasteiger charge is 2.16. The quantitative estimate of drug-likeness (QED) is 0.651. The summed E-state index contributed by atoms with van der Waals surface area (Å²) in [5.74, 6) is -0.263. The van der Waals surface area contributed by atoms with Crippen molar-refractivity contribution in [1.82, 2.24) is 5.32 Å². The smallest absolute Gasteiger partial charge is 0.253 e. The van der Waals surface area contributed by atoms with E-state index in [0.717, 1.165) is 5.56 Å². The van der Waals surface area contributed by atoms with Gasteiger partial charge in [-0.25, -0.2) is 0 Å². The second-order valence-electron chi connectivity index (χ2n) is 4.17. The molecule has 0 saturated carbocycles. The number of hydrogen-bond acceptors (Lipinski definition) is 4. The number of methoxy groups -OCH3 is 1. The number of ether oxygens (including phenoxy) is 1. The van der Waals surface area contributed by atoms with E-state index in [-0.39, 0.29) is 18.6 Å². The molecular weight excluding hydrogens is 232 g/mol. The third-order valence-corrected chi connectivity index (χ3v) is 2.76. The van der Waals surface area contributed by atoms with Crippen LogP contribution < -0.4 is 11.1 Å². The summed E-state index contributed by atoms with van der Waals surface area (Å²) in [6.45, 7) is 2.18. The Hall–Kier alpha value is -1.59. The fourth-order valence-electron chi connectivity index (χ4n) is 1.73. The molecule has 1 unspecified atom stereocenters. The van der Waals surface area contributed by atoms with Crippen LogP contribution in [0.4, 0.5) is 5.69 Å². The van der Waals surface area contributed by atoms with Crippen LogP contribution in [-0.4, -0.2) is 37.4 Å². The second-order valence-corrected chi connectivity index (χ2v) is 4.17. The predicted molar refractivity (Wildman–Crippen MR) is 70.4 cm³/mol. The minimum atomic E-state index is -0.323. The number of nitrogens with one attached hydrogen (secondary N) is 1. The number of aliphatic hydroxyl groups excluding tert-OH is 1. The summed E-state index contributed by atoms with van der Waals surface area (Å²) in [4.78, 5) is 12.1. The number of nitrogens with two attached hydrogens (primary N) is 1. The molecule has 0 spiro atoms. The molecule has 100 valence electrons. The molecule has 1 aromatic rings. The maximum atomic E-state index is 12.1. The highest BCUT2D eigenvalue weighted by Crippen LogP contribution is 2.16. The third-order valence-electron chi connectivity index (χ3n) is 2.76. The zero-order valence-corrected chi connectivity index (χ0v) is 10.8. The first-order valence-electron chi connectivity index (χ1n) is 5.86. The van der Waals surface area contributed by atoms with E-state index >= 15 is 0 Å². The summed E-state index contributed by atoms with van der Waals surface area (Å²) < 4.78 is 4.92. The normalized spacial score (nSPS) is 12.2. The fraction of sp³-hybridized carbons (Fsp3) is 0.462. The Balaban J connectivity index is 2.75. The molecule has 0 aliphatic carbocycles. The van der Waals surface area contributed by atoms with E-state index in [9.17, 15) is 9.90 Å². The maximum absolute atomic E-state index is 12.1. The van der Waals surface area contributed by atoms with Gasteiger partial charge in [0.05, 0.1) is 18.2 Å². The Labute approximate surface area is 107 Å². The van der Waals surface area contributed by atoms with Crippen molar-refractivity contribution < 1.29 is 14.6 Å². The van der Waals surface area contributed by atoms with E-state index in [1.807, 2.05) is 13.0 Å². The zero-order chi connectivity index (χ0) is 13.5. The number of hydrogen-bond donors (Lipinski definition) is 3. The minimum Gasteiger partial charge on any atom is -0.398 e. The van der Waals surface area contributed by atoms with Gasteiger partial charge in [0.25, 0.3) is 5.91 Å². The van der Waals surface area contributed by atoms with Gasteiger partial charge in [-0.1, -0.05) is 12.1 Å². The van der Waals surface area contributed by atoms with Crippen LogP contribution in [0.5, 0.6) is 0 Å². The lowest BCUT2D eigenvalue weighted by atomic mass is 10.1. The van der Waals surface area contributed by atoms with Crippen LogP contribution in [0.15, 0.2) is 18.2 Å². The summed E-state index contributed by atoms with van der Waals surface area (Å²) in [6.07, 6.45) is 0.560. The Morgan fingerprint density at radius 2 is 2.28 bits per heavy atom. The topological polar surface area (TPSA) is 84.6 Å². The summed E-state index contributed by atoms with van der Waals surface area (Å²) in [6, 6.07) is 4.99. The van der Waals surface area contributed by atoms with Gasteiger partial charge in [-0.15, -0.1) is 0 Å². The molecule has 0 radical (unpaired) electrons. The Morgan fingerprint density at radius 1 is 1.56 bits per heavy atom. The lowest BCUT2D eigenvalue weighted by molar-refractivity contribution is 0.0895. The fourth-order valence-corrected chi connectivity index (χ4v) is 1.73.